The molecule has 1 heterocycles. The van der Waals surface area contributed by atoms with E-state index in [2.05, 4.69) is 16.3 Å². The predicted molar refractivity (Wildman–Crippen MR) is 145 cm³/mol. The fourth-order valence-corrected chi connectivity index (χ4v) is 3.84. The van der Waals surface area contributed by atoms with E-state index < -0.39 is 12.1 Å². The summed E-state index contributed by atoms with van der Waals surface area (Å²) in [4.78, 5) is 13.4. The van der Waals surface area contributed by atoms with Crippen LogP contribution in [-0.2, 0) is 16.0 Å². The molecule has 0 radical (unpaired) electrons. The summed E-state index contributed by atoms with van der Waals surface area (Å²) < 4.78 is 16.8. The van der Waals surface area contributed by atoms with Crippen LogP contribution in [-0.4, -0.2) is 68.3 Å². The van der Waals surface area contributed by atoms with Gasteiger partial charge in [0.1, 0.15) is 24.7 Å². The minimum atomic E-state index is -0.942. The Morgan fingerprint density at radius 3 is 2.49 bits per heavy atom. The van der Waals surface area contributed by atoms with Crippen LogP contribution in [0.25, 0.3) is 0 Å². The number of carbonyl (C=O) groups is 1. The van der Waals surface area contributed by atoms with Gasteiger partial charge < -0.3 is 34.6 Å². The Morgan fingerprint density at radius 1 is 1.05 bits per heavy atom. The molecule has 8 heteroatoms. The number of aliphatic hydroxyl groups excluding tert-OH is 1. The van der Waals surface area contributed by atoms with E-state index in [1.807, 2.05) is 72.8 Å². The van der Waals surface area contributed by atoms with Gasteiger partial charge in [0.05, 0.1) is 25.4 Å². The van der Waals surface area contributed by atoms with E-state index >= 15 is 0 Å². The normalized spacial score (nSPS) is 12.9. The topological polar surface area (TPSA) is 100 Å². The number of anilines is 2. The number of aliphatic hydroxyl groups is 1. The number of ether oxygens (including phenoxy) is 3. The molecule has 0 fully saturated rings. The van der Waals surface area contributed by atoms with Crippen molar-refractivity contribution >= 4 is 17.3 Å². The SMILES string of the molecule is CCOC(Cc1ccc(OCCN2CCOc3ccccc32)cc1)C(=O)O.OCCNc1ccccc1. The molecule has 0 spiro atoms. The first kappa shape index (κ1) is 27.8. The third-order valence-electron chi connectivity index (χ3n) is 5.66. The van der Waals surface area contributed by atoms with Gasteiger partial charge in [0.2, 0.25) is 0 Å². The van der Waals surface area contributed by atoms with E-state index in [9.17, 15) is 4.79 Å². The number of benzene rings is 3. The summed E-state index contributed by atoms with van der Waals surface area (Å²) in [6.07, 6.45) is -0.475. The second-order valence-electron chi connectivity index (χ2n) is 8.30. The Bertz CT molecular complexity index is 1060. The largest absolute Gasteiger partial charge is 0.492 e. The van der Waals surface area contributed by atoms with Crippen molar-refractivity contribution < 1.29 is 29.2 Å². The lowest BCUT2D eigenvalue weighted by Crippen LogP contribution is -2.35. The van der Waals surface area contributed by atoms with Crippen molar-refractivity contribution in [3.05, 3.63) is 84.4 Å². The molecule has 37 heavy (non-hydrogen) atoms. The summed E-state index contributed by atoms with van der Waals surface area (Å²) in [5.74, 6) is 0.738. The van der Waals surface area contributed by atoms with Crippen molar-refractivity contribution in [2.75, 3.05) is 56.3 Å². The van der Waals surface area contributed by atoms with Crippen LogP contribution in [0.5, 0.6) is 11.5 Å². The molecule has 3 N–H and O–H groups in total. The molecule has 1 unspecified atom stereocenters. The molecule has 1 atom stereocenters. The maximum Gasteiger partial charge on any atom is 0.333 e. The number of carboxylic acids is 1. The van der Waals surface area contributed by atoms with Gasteiger partial charge in [-0.25, -0.2) is 4.79 Å². The van der Waals surface area contributed by atoms with Crippen molar-refractivity contribution in [3.8, 4) is 11.5 Å². The molecular weight excluding hydrogens is 472 g/mol. The van der Waals surface area contributed by atoms with Crippen LogP contribution in [0, 0.1) is 0 Å². The van der Waals surface area contributed by atoms with Gasteiger partial charge in [-0.1, -0.05) is 42.5 Å². The van der Waals surface area contributed by atoms with E-state index in [4.69, 9.17) is 24.4 Å². The maximum absolute atomic E-state index is 11.2. The zero-order valence-electron chi connectivity index (χ0n) is 21.2. The van der Waals surface area contributed by atoms with E-state index in [0.717, 1.165) is 41.5 Å². The molecule has 198 valence electrons. The number of rotatable bonds is 12. The lowest BCUT2D eigenvalue weighted by atomic mass is 10.1. The van der Waals surface area contributed by atoms with E-state index in [1.165, 1.54) is 0 Å². The summed E-state index contributed by atoms with van der Waals surface area (Å²) in [6, 6.07) is 25.3. The monoisotopic (exact) mass is 508 g/mol. The Morgan fingerprint density at radius 2 is 1.78 bits per heavy atom. The Labute approximate surface area is 218 Å². The first-order valence-electron chi connectivity index (χ1n) is 12.5. The summed E-state index contributed by atoms with van der Waals surface area (Å²) in [5.41, 5.74) is 3.06. The third-order valence-corrected chi connectivity index (χ3v) is 5.66. The first-order valence-corrected chi connectivity index (χ1v) is 12.5. The molecule has 0 amide bonds. The fraction of sp³-hybridized carbons (Fsp3) is 0.345. The number of nitrogens with zero attached hydrogens (tertiary/aromatic N) is 1. The van der Waals surface area contributed by atoms with Crippen molar-refractivity contribution in [2.45, 2.75) is 19.4 Å². The van der Waals surface area contributed by atoms with Gasteiger partial charge in [-0.15, -0.1) is 0 Å². The minimum Gasteiger partial charge on any atom is -0.492 e. The van der Waals surface area contributed by atoms with Gasteiger partial charge >= 0.3 is 5.97 Å². The molecule has 1 aliphatic heterocycles. The van der Waals surface area contributed by atoms with Gasteiger partial charge in [-0.3, -0.25) is 0 Å². The average Bonchev–Trinajstić information content (AvgIpc) is 2.93. The van der Waals surface area contributed by atoms with Crippen molar-refractivity contribution in [1.29, 1.82) is 0 Å². The Kier molecular flexibility index (Phi) is 11.6. The minimum absolute atomic E-state index is 0.175. The lowest BCUT2D eigenvalue weighted by Gasteiger charge is -2.31. The maximum atomic E-state index is 11.2. The van der Waals surface area contributed by atoms with Gasteiger partial charge in [-0.05, 0) is 48.9 Å². The quantitative estimate of drug-likeness (QED) is 0.336. The number of carboxylic acid groups (broad SMARTS) is 1. The second-order valence-corrected chi connectivity index (χ2v) is 8.30. The van der Waals surface area contributed by atoms with Crippen molar-refractivity contribution in [3.63, 3.8) is 0 Å². The highest BCUT2D eigenvalue weighted by Gasteiger charge is 2.18. The Hall–Kier alpha value is -3.75. The molecule has 0 saturated heterocycles. The summed E-state index contributed by atoms with van der Waals surface area (Å²) >= 11 is 0. The highest BCUT2D eigenvalue weighted by Crippen LogP contribution is 2.30. The molecule has 3 aromatic rings. The van der Waals surface area contributed by atoms with Gasteiger partial charge in [0.15, 0.2) is 6.10 Å². The van der Waals surface area contributed by atoms with Crippen molar-refractivity contribution in [2.24, 2.45) is 0 Å². The standard InChI is InChI=1S/C21H25NO5.C8H11NO/c1-2-25-20(21(23)24)15-16-7-9-17(10-8-16)26-13-11-22-12-14-27-19-6-4-3-5-18(19)22;10-7-6-9-8-4-2-1-3-5-8/h3-10,20H,2,11-15H2,1H3,(H,23,24);1-5,9-10H,6-7H2. The second kappa shape index (κ2) is 15.4. The summed E-state index contributed by atoms with van der Waals surface area (Å²) in [7, 11) is 0. The van der Waals surface area contributed by atoms with Crippen LogP contribution in [0.1, 0.15) is 12.5 Å². The van der Waals surface area contributed by atoms with Gasteiger partial charge in [0, 0.05) is 25.3 Å². The number of hydrogen-bond acceptors (Lipinski definition) is 7. The predicted octanol–water partition coefficient (Wildman–Crippen LogP) is 4.09. The molecule has 0 saturated carbocycles. The van der Waals surface area contributed by atoms with E-state index in [0.29, 0.717) is 32.8 Å². The van der Waals surface area contributed by atoms with Crippen LogP contribution < -0.4 is 19.7 Å². The van der Waals surface area contributed by atoms with Crippen LogP contribution in [0.3, 0.4) is 0 Å². The van der Waals surface area contributed by atoms with Crippen LogP contribution >= 0.6 is 0 Å². The Balaban J connectivity index is 0.000000319. The third kappa shape index (κ3) is 9.33. The molecule has 0 bridgehead atoms. The van der Waals surface area contributed by atoms with E-state index in [1.54, 1.807) is 6.92 Å². The summed E-state index contributed by atoms with van der Waals surface area (Å²) in [6.45, 7) is 5.81. The van der Waals surface area contributed by atoms with Crippen molar-refractivity contribution in [1.82, 2.24) is 0 Å². The van der Waals surface area contributed by atoms with Gasteiger partial charge in [-0.2, -0.15) is 0 Å². The van der Waals surface area contributed by atoms with Crippen LogP contribution in [0.15, 0.2) is 78.9 Å². The highest BCUT2D eigenvalue weighted by atomic mass is 16.5. The number of hydrogen-bond donors (Lipinski definition) is 3. The molecule has 0 aromatic heterocycles. The molecule has 4 rings (SSSR count). The number of para-hydroxylation sites is 3. The molecular formula is C29H36N2O6. The first-order chi connectivity index (χ1) is 18.1. The number of nitrogens with one attached hydrogen (secondary N) is 1. The highest BCUT2D eigenvalue weighted by molar-refractivity contribution is 5.72. The number of fused-ring (bicyclic) bond motifs is 1. The molecule has 1 aliphatic rings. The van der Waals surface area contributed by atoms with E-state index in [-0.39, 0.29) is 6.61 Å². The number of aliphatic carboxylic acids is 1. The molecule has 0 aliphatic carbocycles. The van der Waals surface area contributed by atoms with Crippen LogP contribution in [0.2, 0.25) is 0 Å². The zero-order valence-corrected chi connectivity index (χ0v) is 21.2. The fourth-order valence-electron chi connectivity index (χ4n) is 3.84. The van der Waals surface area contributed by atoms with Gasteiger partial charge in [0.25, 0.3) is 0 Å². The lowest BCUT2D eigenvalue weighted by molar-refractivity contribution is -0.149. The molecule has 8 nitrogen and oxygen atoms in total. The zero-order chi connectivity index (χ0) is 26.3. The molecule has 3 aromatic carbocycles. The smallest absolute Gasteiger partial charge is 0.333 e. The average molecular weight is 509 g/mol. The van der Waals surface area contributed by atoms with Crippen LogP contribution in [0.4, 0.5) is 11.4 Å². The summed E-state index contributed by atoms with van der Waals surface area (Å²) in [5, 5.41) is 20.7.